The molecule has 1 aromatic rings. The molecule has 5 nitrogen and oxygen atoms in total. The molecule has 0 aliphatic carbocycles. The maximum atomic E-state index is 11.6. The number of rotatable bonds is 3. The van der Waals surface area contributed by atoms with Crippen LogP contribution in [0.1, 0.15) is 18.4 Å². The Morgan fingerprint density at radius 1 is 1.39 bits per heavy atom. The molecule has 2 rings (SSSR count). The second-order valence-electron chi connectivity index (χ2n) is 3.93. The van der Waals surface area contributed by atoms with Crippen molar-refractivity contribution in [2.75, 3.05) is 6.54 Å². The lowest BCUT2D eigenvalue weighted by Gasteiger charge is -2.10. The fourth-order valence-corrected chi connectivity index (χ4v) is 1.77. The van der Waals surface area contributed by atoms with Crippen LogP contribution in [0.3, 0.4) is 0 Å². The van der Waals surface area contributed by atoms with Crippen molar-refractivity contribution < 1.29 is 4.79 Å². The van der Waals surface area contributed by atoms with Gasteiger partial charge in [-0.25, -0.2) is 0 Å². The normalized spacial score (nSPS) is 17.4. The first-order chi connectivity index (χ1) is 7.75. The van der Waals surface area contributed by atoms with Gasteiger partial charge in [0, 0.05) is 18.8 Å². The van der Waals surface area contributed by atoms with Gasteiger partial charge in [-0.3, -0.25) is 9.59 Å². The maximum Gasteiger partial charge on any atom is 0.247 e. The summed E-state index contributed by atoms with van der Waals surface area (Å²) in [6.45, 7) is 1.37. The average Bonchev–Trinajstić information content (AvgIpc) is 2.81. The minimum absolute atomic E-state index is 0. The summed E-state index contributed by atoms with van der Waals surface area (Å²) in [5.74, 6) is 0.0312. The van der Waals surface area contributed by atoms with Gasteiger partial charge in [0.05, 0.1) is 6.04 Å². The lowest BCUT2D eigenvalue weighted by atomic mass is 10.2. The lowest BCUT2D eigenvalue weighted by molar-refractivity contribution is -0.122. The Kier molecular flexibility index (Phi) is 7.66. The zero-order valence-corrected chi connectivity index (χ0v) is 11.4. The van der Waals surface area contributed by atoms with Gasteiger partial charge >= 0.3 is 0 Å². The van der Waals surface area contributed by atoms with Crippen LogP contribution in [0.4, 0.5) is 0 Å². The zero-order valence-electron chi connectivity index (χ0n) is 9.77. The van der Waals surface area contributed by atoms with E-state index in [2.05, 4.69) is 15.6 Å². The summed E-state index contributed by atoms with van der Waals surface area (Å²) in [4.78, 5) is 25.0. The molecule has 2 heterocycles. The van der Waals surface area contributed by atoms with Crippen LogP contribution in [0.25, 0.3) is 0 Å². The Labute approximate surface area is 118 Å². The van der Waals surface area contributed by atoms with Crippen molar-refractivity contribution >= 4 is 30.7 Å². The van der Waals surface area contributed by atoms with E-state index in [-0.39, 0.29) is 42.3 Å². The third-order valence-electron chi connectivity index (χ3n) is 2.69. The summed E-state index contributed by atoms with van der Waals surface area (Å²) in [6.07, 6.45) is 3.57. The summed E-state index contributed by atoms with van der Waals surface area (Å²) < 4.78 is 0. The minimum Gasteiger partial charge on any atom is -0.351 e. The van der Waals surface area contributed by atoms with Crippen LogP contribution in [-0.2, 0) is 11.3 Å². The smallest absolute Gasteiger partial charge is 0.247 e. The first-order valence-electron chi connectivity index (χ1n) is 5.44. The Hall–Kier alpha value is -1.04. The van der Waals surface area contributed by atoms with Crippen LogP contribution < -0.4 is 16.2 Å². The number of hydrogen-bond acceptors (Lipinski definition) is 3. The number of carbonyl (C=O) groups is 1. The number of nitrogens with one attached hydrogen (secondary N) is 3. The number of aromatic amines is 1. The number of halogens is 2. The number of pyridine rings is 1. The van der Waals surface area contributed by atoms with Crippen molar-refractivity contribution in [2.24, 2.45) is 0 Å². The van der Waals surface area contributed by atoms with Gasteiger partial charge in [-0.15, -0.1) is 24.8 Å². The van der Waals surface area contributed by atoms with Crippen molar-refractivity contribution in [2.45, 2.75) is 25.4 Å². The average molecular weight is 294 g/mol. The van der Waals surface area contributed by atoms with Crippen LogP contribution in [0.15, 0.2) is 23.1 Å². The van der Waals surface area contributed by atoms with Gasteiger partial charge in [0.25, 0.3) is 0 Å². The molecule has 0 bridgehead atoms. The second kappa shape index (κ2) is 8.13. The highest BCUT2D eigenvalue weighted by molar-refractivity contribution is 5.85. The zero-order chi connectivity index (χ0) is 11.4. The molecule has 1 amide bonds. The predicted molar refractivity (Wildman–Crippen MR) is 74.4 cm³/mol. The summed E-state index contributed by atoms with van der Waals surface area (Å²) in [5.41, 5.74) is 0.762. The van der Waals surface area contributed by atoms with Crippen molar-refractivity contribution in [3.05, 3.63) is 34.2 Å². The molecule has 1 aromatic heterocycles. The lowest BCUT2D eigenvalue weighted by Crippen LogP contribution is -2.40. The molecule has 1 atom stereocenters. The van der Waals surface area contributed by atoms with Crippen LogP contribution in [-0.4, -0.2) is 23.5 Å². The van der Waals surface area contributed by atoms with E-state index in [9.17, 15) is 9.59 Å². The molecule has 1 aliphatic heterocycles. The molecule has 1 aliphatic rings. The third kappa shape index (κ3) is 4.68. The molecule has 0 saturated carbocycles. The minimum atomic E-state index is -0.132. The second-order valence-corrected chi connectivity index (χ2v) is 3.93. The first kappa shape index (κ1) is 17.0. The summed E-state index contributed by atoms with van der Waals surface area (Å²) in [6, 6.07) is 3.11. The van der Waals surface area contributed by atoms with E-state index in [4.69, 9.17) is 0 Å². The fraction of sp³-hybridized carbons (Fsp3) is 0.455. The van der Waals surface area contributed by atoms with E-state index in [1.54, 1.807) is 12.3 Å². The van der Waals surface area contributed by atoms with Crippen LogP contribution >= 0.6 is 24.8 Å². The highest BCUT2D eigenvalue weighted by Gasteiger charge is 2.21. The van der Waals surface area contributed by atoms with E-state index in [0.29, 0.717) is 6.54 Å². The van der Waals surface area contributed by atoms with Gasteiger partial charge in [-0.1, -0.05) is 6.07 Å². The monoisotopic (exact) mass is 293 g/mol. The number of aromatic nitrogens is 1. The topological polar surface area (TPSA) is 74.0 Å². The molecule has 1 unspecified atom stereocenters. The fourth-order valence-electron chi connectivity index (χ4n) is 1.77. The number of hydrogen-bond donors (Lipinski definition) is 3. The molecule has 1 fully saturated rings. The molecule has 3 N–H and O–H groups in total. The SMILES string of the molecule is Cl.Cl.O=C(NCc1ccc(=O)[nH]c1)C1CCCN1. The van der Waals surface area contributed by atoms with Crippen LogP contribution in [0.5, 0.6) is 0 Å². The van der Waals surface area contributed by atoms with E-state index < -0.39 is 0 Å². The van der Waals surface area contributed by atoms with Gasteiger partial charge in [0.15, 0.2) is 0 Å². The quantitative estimate of drug-likeness (QED) is 0.764. The standard InChI is InChI=1S/C11H15N3O2.2ClH/c15-10-4-3-8(6-13-10)7-14-11(16)9-2-1-5-12-9;;/h3-4,6,9,12H,1-2,5,7H2,(H,13,15)(H,14,16);2*1H. The predicted octanol–water partition coefficient (Wildman–Crippen LogP) is 0.587. The van der Waals surface area contributed by atoms with Gasteiger partial charge in [0.2, 0.25) is 11.5 Å². The van der Waals surface area contributed by atoms with Gasteiger partial charge < -0.3 is 15.6 Å². The number of carbonyl (C=O) groups excluding carboxylic acids is 1. The molecular formula is C11H17Cl2N3O2. The van der Waals surface area contributed by atoms with Crippen molar-refractivity contribution in [3.63, 3.8) is 0 Å². The molecule has 1 saturated heterocycles. The van der Waals surface area contributed by atoms with Gasteiger partial charge in [-0.05, 0) is 24.9 Å². The van der Waals surface area contributed by atoms with E-state index in [1.807, 2.05) is 0 Å². The van der Waals surface area contributed by atoms with Gasteiger partial charge in [0.1, 0.15) is 0 Å². The highest BCUT2D eigenvalue weighted by Crippen LogP contribution is 2.04. The van der Waals surface area contributed by atoms with E-state index in [0.717, 1.165) is 24.9 Å². The molecule has 0 radical (unpaired) electrons. The Balaban J connectivity index is 0.00000144. The first-order valence-corrected chi connectivity index (χ1v) is 5.44. The van der Waals surface area contributed by atoms with Crippen molar-refractivity contribution in [1.29, 1.82) is 0 Å². The Bertz CT molecular complexity index is 410. The number of amides is 1. The van der Waals surface area contributed by atoms with Gasteiger partial charge in [-0.2, -0.15) is 0 Å². The van der Waals surface area contributed by atoms with E-state index in [1.165, 1.54) is 6.07 Å². The molecule has 0 spiro atoms. The summed E-state index contributed by atoms with van der Waals surface area (Å²) in [7, 11) is 0. The Morgan fingerprint density at radius 2 is 2.17 bits per heavy atom. The number of H-pyrrole nitrogens is 1. The van der Waals surface area contributed by atoms with Crippen molar-refractivity contribution in [1.82, 2.24) is 15.6 Å². The molecular weight excluding hydrogens is 277 g/mol. The summed E-state index contributed by atoms with van der Waals surface area (Å²) in [5, 5.41) is 5.97. The van der Waals surface area contributed by atoms with E-state index >= 15 is 0 Å². The molecule has 18 heavy (non-hydrogen) atoms. The van der Waals surface area contributed by atoms with Crippen LogP contribution in [0.2, 0.25) is 0 Å². The maximum absolute atomic E-state index is 11.6. The molecule has 102 valence electrons. The molecule has 0 aromatic carbocycles. The van der Waals surface area contributed by atoms with Crippen molar-refractivity contribution in [3.8, 4) is 0 Å². The van der Waals surface area contributed by atoms with Crippen LogP contribution in [0, 0.1) is 0 Å². The molecule has 7 heteroatoms. The largest absolute Gasteiger partial charge is 0.351 e. The third-order valence-corrected chi connectivity index (χ3v) is 2.69. The Morgan fingerprint density at radius 3 is 2.72 bits per heavy atom. The summed E-state index contributed by atoms with van der Waals surface area (Å²) >= 11 is 0. The highest BCUT2D eigenvalue weighted by atomic mass is 35.5.